The van der Waals surface area contributed by atoms with E-state index >= 15 is 0 Å². The molecule has 1 N–H and O–H groups in total. The van der Waals surface area contributed by atoms with Gasteiger partial charge in [0.1, 0.15) is 12.4 Å². The number of amides is 1. The van der Waals surface area contributed by atoms with Gasteiger partial charge in [-0.05, 0) is 32.4 Å². The Hall–Kier alpha value is -2.69. The molecule has 2 aromatic heterocycles. The zero-order chi connectivity index (χ0) is 25.3. The Morgan fingerprint density at radius 3 is 2.58 bits per heavy atom. The number of carbonyl (C=O) groups is 1. The molecule has 2 unspecified atom stereocenters. The second kappa shape index (κ2) is 10.4. The molecule has 3 heterocycles. The Morgan fingerprint density at radius 2 is 1.89 bits per heavy atom. The minimum Gasteiger partial charge on any atom is -0.377 e. The molecule has 0 bridgehead atoms. The van der Waals surface area contributed by atoms with Gasteiger partial charge in [-0.15, -0.1) is 0 Å². The summed E-state index contributed by atoms with van der Waals surface area (Å²) < 4.78 is 38.3. The molecule has 1 saturated heterocycles. The molecule has 12 heteroatoms. The van der Waals surface area contributed by atoms with Gasteiger partial charge < -0.3 is 23.8 Å². The van der Waals surface area contributed by atoms with E-state index in [4.69, 9.17) is 18.5 Å². The molecule has 5 rings (SSSR count). The van der Waals surface area contributed by atoms with Gasteiger partial charge in [0, 0.05) is 25.0 Å². The number of benzene rings is 1. The molecule has 5 atom stereocenters. The van der Waals surface area contributed by atoms with Gasteiger partial charge in [-0.3, -0.25) is 13.9 Å². The molecular weight excluding hydrogens is 485 g/mol. The zero-order valence-corrected chi connectivity index (χ0v) is 21.3. The van der Waals surface area contributed by atoms with Crippen molar-refractivity contribution in [3.05, 3.63) is 48.5 Å². The summed E-state index contributed by atoms with van der Waals surface area (Å²) in [6.07, 6.45) is 3.42. The molecule has 11 nitrogen and oxygen atoms in total. The highest BCUT2D eigenvalue weighted by Crippen LogP contribution is 2.67. The first-order valence-electron chi connectivity index (χ1n) is 12.1. The maximum absolute atomic E-state index is 13.2. The molecule has 0 radical (unpaired) electrons. The summed E-state index contributed by atoms with van der Waals surface area (Å²) in [4.78, 5) is 25.8. The molecule has 2 fully saturated rings. The van der Waals surface area contributed by atoms with Crippen molar-refractivity contribution in [2.45, 2.75) is 50.8 Å². The van der Waals surface area contributed by atoms with E-state index in [9.17, 15) is 9.36 Å². The second-order valence-electron chi connectivity index (χ2n) is 8.78. The van der Waals surface area contributed by atoms with Crippen molar-refractivity contribution in [2.75, 3.05) is 25.6 Å². The van der Waals surface area contributed by atoms with Crippen LogP contribution in [-0.2, 0) is 23.1 Å². The molecule has 36 heavy (non-hydrogen) atoms. The van der Waals surface area contributed by atoms with E-state index in [2.05, 4.69) is 20.3 Å². The lowest BCUT2D eigenvalue weighted by Crippen LogP contribution is -2.21. The van der Waals surface area contributed by atoms with Gasteiger partial charge in [0.2, 0.25) is 0 Å². The lowest BCUT2D eigenvalue weighted by molar-refractivity contribution is -0.0522. The van der Waals surface area contributed by atoms with Crippen LogP contribution in [0.5, 0.6) is 0 Å². The summed E-state index contributed by atoms with van der Waals surface area (Å²) in [6, 6.07) is 8.89. The Labute approximate surface area is 209 Å². The zero-order valence-electron chi connectivity index (χ0n) is 20.4. The number of rotatable bonds is 10. The van der Waals surface area contributed by atoms with Crippen molar-refractivity contribution < 1.29 is 27.9 Å². The molecule has 2 aliphatic rings. The minimum absolute atomic E-state index is 0.0571. The number of ether oxygens (including phenoxy) is 2. The van der Waals surface area contributed by atoms with Crippen LogP contribution in [0.4, 0.5) is 5.82 Å². The molecule has 1 aliphatic carbocycles. The summed E-state index contributed by atoms with van der Waals surface area (Å²) >= 11 is 0. The van der Waals surface area contributed by atoms with Gasteiger partial charge in [-0.2, -0.15) is 0 Å². The lowest BCUT2D eigenvalue weighted by Gasteiger charge is -2.20. The fraction of sp³-hybridized carbons (Fsp3) is 0.500. The largest absolute Gasteiger partial charge is 0.377 e. The van der Waals surface area contributed by atoms with Gasteiger partial charge in [-0.1, -0.05) is 18.2 Å². The van der Waals surface area contributed by atoms with Crippen molar-refractivity contribution in [2.24, 2.45) is 5.92 Å². The Morgan fingerprint density at radius 1 is 1.14 bits per heavy atom. The van der Waals surface area contributed by atoms with E-state index in [1.54, 1.807) is 42.3 Å². The average Bonchev–Trinajstić information content (AvgIpc) is 3.41. The number of aromatic nitrogens is 4. The first-order valence-corrected chi connectivity index (χ1v) is 13.7. The fourth-order valence-corrected chi connectivity index (χ4v) is 7.19. The van der Waals surface area contributed by atoms with Gasteiger partial charge in [-0.25, -0.2) is 15.0 Å². The number of nitrogens with one attached hydrogen (secondary N) is 1. The summed E-state index contributed by atoms with van der Waals surface area (Å²) in [5, 5.41) is 2.82. The van der Waals surface area contributed by atoms with Crippen LogP contribution < -0.4 is 5.32 Å². The van der Waals surface area contributed by atoms with Gasteiger partial charge in [0.05, 0.1) is 31.3 Å². The molecule has 1 aliphatic heterocycles. The van der Waals surface area contributed by atoms with E-state index < -0.39 is 13.8 Å². The molecule has 1 amide bonds. The SMILES string of the molecule is CCOP(=O)(OCC)C1CC1[C@H]1C[C@@H](OC)[C@H](n2cnc3c(NC(=O)c4ccccc4)ncnc32)O1. The van der Waals surface area contributed by atoms with Crippen molar-refractivity contribution in [3.8, 4) is 0 Å². The fourth-order valence-electron chi connectivity index (χ4n) is 4.85. The smallest absolute Gasteiger partial charge is 0.334 e. The number of methoxy groups -OCH3 is 1. The number of carbonyl (C=O) groups excluding carboxylic acids is 1. The molecule has 1 saturated carbocycles. The van der Waals surface area contributed by atoms with E-state index in [0.29, 0.717) is 48.6 Å². The van der Waals surface area contributed by atoms with E-state index in [1.807, 2.05) is 19.9 Å². The highest BCUT2D eigenvalue weighted by molar-refractivity contribution is 7.55. The summed E-state index contributed by atoms with van der Waals surface area (Å²) in [6.45, 7) is 4.29. The molecule has 192 valence electrons. The third-order valence-corrected chi connectivity index (χ3v) is 9.25. The highest BCUT2D eigenvalue weighted by atomic mass is 31.2. The van der Waals surface area contributed by atoms with Crippen LogP contribution in [0.3, 0.4) is 0 Å². The quantitative estimate of drug-likeness (QED) is 0.398. The topological polar surface area (TPSA) is 127 Å². The van der Waals surface area contributed by atoms with E-state index in [0.717, 1.165) is 0 Å². The van der Waals surface area contributed by atoms with Crippen molar-refractivity contribution in [1.82, 2.24) is 19.5 Å². The predicted octanol–water partition coefficient (Wildman–Crippen LogP) is 4.04. The number of hydrogen-bond donors (Lipinski definition) is 1. The molecule has 1 aromatic carbocycles. The van der Waals surface area contributed by atoms with Crippen LogP contribution in [0.2, 0.25) is 0 Å². The first kappa shape index (κ1) is 25.0. The lowest BCUT2D eigenvalue weighted by atomic mass is 10.1. The van der Waals surface area contributed by atoms with Crippen molar-refractivity contribution in [1.29, 1.82) is 0 Å². The highest BCUT2D eigenvalue weighted by Gasteiger charge is 2.58. The van der Waals surface area contributed by atoms with Crippen LogP contribution in [-0.4, -0.2) is 63.6 Å². The normalized spacial score (nSPS) is 25.8. The molecule has 3 aromatic rings. The van der Waals surface area contributed by atoms with Crippen LogP contribution in [0, 0.1) is 5.92 Å². The van der Waals surface area contributed by atoms with Crippen LogP contribution in [0.15, 0.2) is 43.0 Å². The predicted molar refractivity (Wildman–Crippen MR) is 132 cm³/mol. The minimum atomic E-state index is -3.18. The molecule has 0 spiro atoms. The Balaban J connectivity index is 1.35. The summed E-state index contributed by atoms with van der Waals surface area (Å²) in [5.41, 5.74) is 1.30. The van der Waals surface area contributed by atoms with E-state index in [1.165, 1.54) is 6.33 Å². The maximum Gasteiger partial charge on any atom is 0.334 e. The summed E-state index contributed by atoms with van der Waals surface area (Å²) in [5.74, 6) is 0.0827. The van der Waals surface area contributed by atoms with Gasteiger partial charge in [0.15, 0.2) is 23.2 Å². The van der Waals surface area contributed by atoms with Crippen molar-refractivity contribution >= 4 is 30.5 Å². The summed E-state index contributed by atoms with van der Waals surface area (Å²) in [7, 11) is -1.54. The monoisotopic (exact) mass is 515 g/mol. The number of anilines is 1. The molecular formula is C24H30N5O6P. The number of imidazole rings is 1. The van der Waals surface area contributed by atoms with Crippen molar-refractivity contribution in [3.63, 3.8) is 0 Å². The third-order valence-electron chi connectivity index (χ3n) is 6.61. The standard InChI is InChI=1S/C24H30N5O6P/c1-4-33-36(31,34-5-2)19-11-16(19)17-12-18(32-3)24(35-17)29-14-27-20-21(25-13-26-22(20)29)28-23(30)15-9-7-6-8-10-15/h6-10,13-14,16-19,24H,4-5,11-12H2,1-3H3,(H,25,26,28,30)/t16?,17-,18-,19?,24-/m1/s1. The van der Waals surface area contributed by atoms with Gasteiger partial charge in [0.25, 0.3) is 5.91 Å². The Kier molecular flexibility index (Phi) is 7.18. The Bertz CT molecular complexity index is 1260. The van der Waals surface area contributed by atoms with Gasteiger partial charge >= 0.3 is 7.60 Å². The number of hydrogen-bond acceptors (Lipinski definition) is 9. The number of nitrogens with zero attached hydrogens (tertiary/aromatic N) is 4. The average molecular weight is 516 g/mol. The number of fused-ring (bicyclic) bond motifs is 1. The maximum atomic E-state index is 13.2. The van der Waals surface area contributed by atoms with Crippen LogP contribution >= 0.6 is 7.60 Å². The third kappa shape index (κ3) is 4.69. The first-order chi connectivity index (χ1) is 17.5. The second-order valence-corrected chi connectivity index (χ2v) is 11.0. The van der Waals surface area contributed by atoms with E-state index in [-0.39, 0.29) is 29.7 Å². The van der Waals surface area contributed by atoms with Crippen LogP contribution in [0.1, 0.15) is 43.3 Å². The van der Waals surface area contributed by atoms with Crippen LogP contribution in [0.25, 0.3) is 11.2 Å².